The van der Waals surface area contributed by atoms with Crippen molar-refractivity contribution in [2.75, 3.05) is 45.2 Å². The molecule has 0 aromatic heterocycles. The maximum Gasteiger partial charge on any atom is 0.256 e. The summed E-state index contributed by atoms with van der Waals surface area (Å²) in [6.07, 6.45) is 0.716. The molecule has 2 aromatic rings. The number of amides is 1. The highest BCUT2D eigenvalue weighted by molar-refractivity contribution is 7.89. The molecule has 1 saturated heterocycles. The van der Waals surface area contributed by atoms with E-state index in [-0.39, 0.29) is 10.5 Å². The number of methoxy groups -OCH3 is 1. The van der Waals surface area contributed by atoms with Gasteiger partial charge in [-0.25, -0.2) is 17.5 Å². The number of ether oxygens (including phenoxy) is 1. The standard InChI is InChI=1S/C20H24FN3O4S/c1-22-29(26,27)17-8-9-19(21)18(14-17)20(25)24-11-3-10-23(12-13-24)15-4-6-16(28-2)7-5-15/h4-9,14,22H,3,10-13H2,1-2H3. The highest BCUT2D eigenvalue weighted by Crippen LogP contribution is 2.22. The van der Waals surface area contributed by atoms with Crippen LogP contribution >= 0.6 is 0 Å². The summed E-state index contributed by atoms with van der Waals surface area (Å²) in [5.41, 5.74) is 0.785. The smallest absolute Gasteiger partial charge is 0.256 e. The van der Waals surface area contributed by atoms with Crippen LogP contribution in [-0.4, -0.2) is 59.6 Å². The second-order valence-corrected chi connectivity index (χ2v) is 8.57. The topological polar surface area (TPSA) is 79.0 Å². The van der Waals surface area contributed by atoms with Crippen molar-refractivity contribution >= 4 is 21.6 Å². The van der Waals surface area contributed by atoms with Gasteiger partial charge in [0.1, 0.15) is 11.6 Å². The fourth-order valence-corrected chi connectivity index (χ4v) is 4.05. The lowest BCUT2D eigenvalue weighted by Crippen LogP contribution is -2.35. The van der Waals surface area contributed by atoms with Gasteiger partial charge in [-0.2, -0.15) is 0 Å². The third-order valence-electron chi connectivity index (χ3n) is 4.97. The summed E-state index contributed by atoms with van der Waals surface area (Å²) in [4.78, 5) is 16.5. The first-order valence-corrected chi connectivity index (χ1v) is 10.8. The van der Waals surface area contributed by atoms with Crippen LogP contribution in [0.3, 0.4) is 0 Å². The Hall–Kier alpha value is -2.65. The molecule has 0 saturated carbocycles. The van der Waals surface area contributed by atoms with E-state index in [4.69, 9.17) is 4.74 Å². The van der Waals surface area contributed by atoms with Crippen LogP contribution in [-0.2, 0) is 10.0 Å². The van der Waals surface area contributed by atoms with Crippen LogP contribution < -0.4 is 14.4 Å². The van der Waals surface area contributed by atoms with Gasteiger partial charge in [-0.05, 0) is 55.9 Å². The zero-order chi connectivity index (χ0) is 21.0. The maximum absolute atomic E-state index is 14.3. The number of hydrogen-bond acceptors (Lipinski definition) is 5. The highest BCUT2D eigenvalue weighted by Gasteiger charge is 2.24. The highest BCUT2D eigenvalue weighted by atomic mass is 32.2. The number of carbonyl (C=O) groups excluding carboxylic acids is 1. The summed E-state index contributed by atoms with van der Waals surface area (Å²) in [5, 5.41) is 0. The Kier molecular flexibility index (Phi) is 6.39. The summed E-state index contributed by atoms with van der Waals surface area (Å²) in [6, 6.07) is 10.9. The van der Waals surface area contributed by atoms with Gasteiger partial charge in [-0.3, -0.25) is 4.79 Å². The van der Waals surface area contributed by atoms with E-state index in [1.54, 1.807) is 12.0 Å². The lowest BCUT2D eigenvalue weighted by molar-refractivity contribution is 0.0762. The molecule has 0 unspecified atom stereocenters. The van der Waals surface area contributed by atoms with Gasteiger partial charge in [0, 0.05) is 31.9 Å². The number of nitrogens with one attached hydrogen (secondary N) is 1. The molecule has 2 aromatic carbocycles. The van der Waals surface area contributed by atoms with Crippen LogP contribution in [0.1, 0.15) is 16.8 Å². The molecule has 0 atom stereocenters. The van der Waals surface area contributed by atoms with Crippen molar-refractivity contribution in [2.45, 2.75) is 11.3 Å². The SMILES string of the molecule is CNS(=O)(=O)c1ccc(F)c(C(=O)N2CCCN(c3ccc(OC)cc3)CC2)c1. The number of carbonyl (C=O) groups is 1. The number of nitrogens with zero attached hydrogens (tertiary/aromatic N) is 2. The van der Waals surface area contributed by atoms with E-state index in [2.05, 4.69) is 9.62 Å². The Morgan fingerprint density at radius 3 is 2.45 bits per heavy atom. The molecule has 7 nitrogen and oxygen atoms in total. The zero-order valence-electron chi connectivity index (χ0n) is 16.4. The van der Waals surface area contributed by atoms with Gasteiger partial charge in [-0.1, -0.05) is 0 Å². The van der Waals surface area contributed by atoms with Crippen molar-refractivity contribution in [3.8, 4) is 5.75 Å². The summed E-state index contributed by atoms with van der Waals surface area (Å²) < 4.78 is 45.6. The summed E-state index contributed by atoms with van der Waals surface area (Å²) in [5.74, 6) is -0.471. The molecular formula is C20H24FN3O4S. The van der Waals surface area contributed by atoms with Crippen LogP contribution in [0.15, 0.2) is 47.4 Å². The monoisotopic (exact) mass is 421 g/mol. The average molecular weight is 421 g/mol. The largest absolute Gasteiger partial charge is 0.497 e. The van der Waals surface area contributed by atoms with E-state index in [1.807, 2.05) is 24.3 Å². The Bertz CT molecular complexity index is 980. The van der Waals surface area contributed by atoms with E-state index in [0.29, 0.717) is 26.1 Å². The van der Waals surface area contributed by atoms with Gasteiger partial charge in [-0.15, -0.1) is 0 Å². The second-order valence-electron chi connectivity index (χ2n) is 6.68. The van der Waals surface area contributed by atoms with Gasteiger partial charge in [0.15, 0.2) is 0 Å². The fraction of sp³-hybridized carbons (Fsp3) is 0.350. The second kappa shape index (κ2) is 8.79. The van der Waals surface area contributed by atoms with Crippen molar-refractivity contribution in [2.24, 2.45) is 0 Å². The predicted molar refractivity (Wildman–Crippen MR) is 108 cm³/mol. The first-order chi connectivity index (χ1) is 13.9. The number of hydrogen-bond donors (Lipinski definition) is 1. The fourth-order valence-electron chi connectivity index (χ4n) is 3.30. The number of rotatable bonds is 5. The predicted octanol–water partition coefficient (Wildman–Crippen LogP) is 2.09. The molecular weight excluding hydrogens is 397 g/mol. The van der Waals surface area contributed by atoms with Crippen molar-refractivity contribution in [3.05, 3.63) is 53.8 Å². The molecule has 1 fully saturated rings. The van der Waals surface area contributed by atoms with Crippen molar-refractivity contribution in [1.82, 2.24) is 9.62 Å². The minimum absolute atomic E-state index is 0.139. The number of sulfonamides is 1. The molecule has 0 aliphatic carbocycles. The lowest BCUT2D eigenvalue weighted by atomic mass is 10.2. The molecule has 1 aliphatic rings. The van der Waals surface area contributed by atoms with E-state index in [1.165, 1.54) is 7.05 Å². The van der Waals surface area contributed by atoms with Crippen molar-refractivity contribution < 1.29 is 22.3 Å². The minimum atomic E-state index is -3.77. The van der Waals surface area contributed by atoms with Crippen LogP contribution in [0.2, 0.25) is 0 Å². The van der Waals surface area contributed by atoms with E-state index < -0.39 is 21.7 Å². The quantitative estimate of drug-likeness (QED) is 0.800. The molecule has 3 rings (SSSR count). The van der Waals surface area contributed by atoms with Gasteiger partial charge < -0.3 is 14.5 Å². The zero-order valence-corrected chi connectivity index (χ0v) is 17.2. The number of halogens is 1. The number of benzene rings is 2. The van der Waals surface area contributed by atoms with Crippen molar-refractivity contribution in [3.63, 3.8) is 0 Å². The third kappa shape index (κ3) is 4.68. The first kappa shape index (κ1) is 21.1. The Morgan fingerprint density at radius 1 is 1.07 bits per heavy atom. The molecule has 0 radical (unpaired) electrons. The van der Waals surface area contributed by atoms with Crippen LogP contribution in [0.25, 0.3) is 0 Å². The molecule has 0 spiro atoms. The Morgan fingerprint density at radius 2 is 1.79 bits per heavy atom. The summed E-state index contributed by atoms with van der Waals surface area (Å²) >= 11 is 0. The number of anilines is 1. The Labute approximate surface area is 170 Å². The molecule has 29 heavy (non-hydrogen) atoms. The molecule has 156 valence electrons. The average Bonchev–Trinajstić information content (AvgIpc) is 3.00. The molecule has 0 bridgehead atoms. The van der Waals surface area contributed by atoms with E-state index in [0.717, 1.165) is 36.2 Å². The van der Waals surface area contributed by atoms with Gasteiger partial charge in [0.05, 0.1) is 17.6 Å². The molecule has 1 heterocycles. The maximum atomic E-state index is 14.3. The molecule has 1 aliphatic heterocycles. The summed E-state index contributed by atoms with van der Waals surface area (Å²) in [6.45, 7) is 2.22. The van der Waals surface area contributed by atoms with Crippen molar-refractivity contribution in [1.29, 1.82) is 0 Å². The minimum Gasteiger partial charge on any atom is -0.497 e. The first-order valence-electron chi connectivity index (χ1n) is 9.27. The van der Waals surface area contributed by atoms with Crippen LogP contribution in [0.5, 0.6) is 5.75 Å². The van der Waals surface area contributed by atoms with Crippen LogP contribution in [0.4, 0.5) is 10.1 Å². The van der Waals surface area contributed by atoms with Gasteiger partial charge >= 0.3 is 0 Å². The Balaban J connectivity index is 1.76. The van der Waals surface area contributed by atoms with Crippen LogP contribution in [0, 0.1) is 5.82 Å². The third-order valence-corrected chi connectivity index (χ3v) is 6.38. The summed E-state index contributed by atoms with van der Waals surface area (Å²) in [7, 11) is -0.887. The van der Waals surface area contributed by atoms with Gasteiger partial charge in [0.25, 0.3) is 5.91 Å². The van der Waals surface area contributed by atoms with E-state index >= 15 is 0 Å². The molecule has 9 heteroatoms. The molecule has 1 N–H and O–H groups in total. The van der Waals surface area contributed by atoms with Gasteiger partial charge in [0.2, 0.25) is 10.0 Å². The molecule has 1 amide bonds. The normalized spacial score (nSPS) is 15.1. The van der Waals surface area contributed by atoms with E-state index in [9.17, 15) is 17.6 Å². The lowest BCUT2D eigenvalue weighted by Gasteiger charge is -2.24.